The van der Waals surface area contributed by atoms with Crippen LogP contribution in [-0.2, 0) is 0 Å². The number of anilines is 2. The van der Waals surface area contributed by atoms with E-state index in [4.69, 9.17) is 4.74 Å². The molecule has 0 saturated heterocycles. The topological polar surface area (TPSA) is 63.2 Å². The number of ether oxygens (including phenoxy) is 1. The van der Waals surface area contributed by atoms with Crippen LogP contribution in [-0.4, -0.2) is 24.0 Å². The van der Waals surface area contributed by atoms with Gasteiger partial charge in [0.2, 0.25) is 0 Å². The number of para-hydroxylation sites is 2. The van der Waals surface area contributed by atoms with Crippen LogP contribution in [0.15, 0.2) is 42.6 Å². The number of hydrogen-bond acceptors (Lipinski definition) is 4. The SMILES string of the molecule is COc1ccccc1Nc1ccnc(C(=O)NC2CC2)c1. The van der Waals surface area contributed by atoms with Gasteiger partial charge in [-0.25, -0.2) is 0 Å². The maximum absolute atomic E-state index is 12.0. The summed E-state index contributed by atoms with van der Waals surface area (Å²) in [6, 6.07) is 11.5. The molecule has 0 unspecified atom stereocenters. The Hall–Kier alpha value is -2.56. The maximum atomic E-state index is 12.0. The summed E-state index contributed by atoms with van der Waals surface area (Å²) < 4.78 is 5.30. The molecule has 1 aromatic heterocycles. The van der Waals surface area contributed by atoms with E-state index in [1.54, 1.807) is 19.4 Å². The first-order valence-electron chi connectivity index (χ1n) is 6.93. The van der Waals surface area contributed by atoms with Crippen LogP contribution in [0.5, 0.6) is 5.75 Å². The summed E-state index contributed by atoms with van der Waals surface area (Å²) in [6.07, 6.45) is 3.75. The zero-order chi connectivity index (χ0) is 14.7. The first-order valence-corrected chi connectivity index (χ1v) is 6.93. The second-order valence-corrected chi connectivity index (χ2v) is 5.00. The van der Waals surface area contributed by atoms with Crippen molar-refractivity contribution in [3.05, 3.63) is 48.3 Å². The van der Waals surface area contributed by atoms with Crippen molar-refractivity contribution in [2.24, 2.45) is 0 Å². The standard InChI is InChI=1S/C16H17N3O2/c1-21-15-5-3-2-4-13(15)18-12-8-9-17-14(10-12)16(20)19-11-6-7-11/h2-5,8-11H,6-7H2,1H3,(H,17,18)(H,19,20). The van der Waals surface area contributed by atoms with Crippen LogP contribution in [0.4, 0.5) is 11.4 Å². The van der Waals surface area contributed by atoms with E-state index in [2.05, 4.69) is 15.6 Å². The fraction of sp³-hybridized carbons (Fsp3) is 0.250. The highest BCUT2D eigenvalue weighted by Gasteiger charge is 2.24. The number of methoxy groups -OCH3 is 1. The summed E-state index contributed by atoms with van der Waals surface area (Å²) >= 11 is 0. The van der Waals surface area contributed by atoms with Crippen molar-refractivity contribution in [3.63, 3.8) is 0 Å². The molecular weight excluding hydrogens is 266 g/mol. The fourth-order valence-corrected chi connectivity index (χ4v) is 2.02. The molecule has 0 atom stereocenters. The highest BCUT2D eigenvalue weighted by atomic mass is 16.5. The smallest absolute Gasteiger partial charge is 0.270 e. The molecule has 1 heterocycles. The molecule has 1 fully saturated rings. The number of benzene rings is 1. The number of nitrogens with zero attached hydrogens (tertiary/aromatic N) is 1. The largest absolute Gasteiger partial charge is 0.495 e. The van der Waals surface area contributed by atoms with Gasteiger partial charge in [-0.3, -0.25) is 9.78 Å². The molecule has 1 aliphatic carbocycles. The third-order valence-corrected chi connectivity index (χ3v) is 3.29. The highest BCUT2D eigenvalue weighted by molar-refractivity contribution is 5.93. The summed E-state index contributed by atoms with van der Waals surface area (Å²) in [6.45, 7) is 0. The Kier molecular flexibility index (Phi) is 3.73. The first kappa shape index (κ1) is 13.4. The Morgan fingerprint density at radius 2 is 2.10 bits per heavy atom. The van der Waals surface area contributed by atoms with Crippen LogP contribution in [0, 0.1) is 0 Å². The average molecular weight is 283 g/mol. The molecule has 1 aliphatic rings. The van der Waals surface area contributed by atoms with Gasteiger partial charge in [0.15, 0.2) is 0 Å². The Bertz CT molecular complexity index is 653. The quantitative estimate of drug-likeness (QED) is 0.885. The molecule has 3 rings (SSSR count). The van der Waals surface area contributed by atoms with Crippen molar-refractivity contribution < 1.29 is 9.53 Å². The van der Waals surface area contributed by atoms with E-state index < -0.39 is 0 Å². The third kappa shape index (κ3) is 3.31. The summed E-state index contributed by atoms with van der Waals surface area (Å²) in [5.41, 5.74) is 2.07. The van der Waals surface area contributed by atoms with Gasteiger partial charge in [0.25, 0.3) is 5.91 Å². The first-order chi connectivity index (χ1) is 10.3. The highest BCUT2D eigenvalue weighted by Crippen LogP contribution is 2.27. The lowest BCUT2D eigenvalue weighted by Crippen LogP contribution is -2.26. The van der Waals surface area contributed by atoms with Gasteiger partial charge in [0.1, 0.15) is 11.4 Å². The monoisotopic (exact) mass is 283 g/mol. The minimum atomic E-state index is -0.124. The lowest BCUT2D eigenvalue weighted by Gasteiger charge is -2.11. The number of pyridine rings is 1. The molecule has 5 nitrogen and oxygen atoms in total. The van der Waals surface area contributed by atoms with E-state index >= 15 is 0 Å². The summed E-state index contributed by atoms with van der Waals surface area (Å²) in [5.74, 6) is 0.625. The van der Waals surface area contributed by atoms with Crippen molar-refractivity contribution in [1.82, 2.24) is 10.3 Å². The van der Waals surface area contributed by atoms with Gasteiger partial charge in [0, 0.05) is 17.9 Å². The molecule has 2 aromatic rings. The Morgan fingerprint density at radius 1 is 1.29 bits per heavy atom. The Morgan fingerprint density at radius 3 is 2.86 bits per heavy atom. The predicted molar refractivity (Wildman–Crippen MR) is 81.0 cm³/mol. The summed E-state index contributed by atoms with van der Waals surface area (Å²) in [5, 5.41) is 6.17. The predicted octanol–water partition coefficient (Wildman–Crippen LogP) is 2.73. The third-order valence-electron chi connectivity index (χ3n) is 3.29. The minimum Gasteiger partial charge on any atom is -0.495 e. The van der Waals surface area contributed by atoms with Gasteiger partial charge in [-0.2, -0.15) is 0 Å². The lowest BCUT2D eigenvalue weighted by molar-refractivity contribution is 0.0946. The molecule has 1 aromatic carbocycles. The number of nitrogens with one attached hydrogen (secondary N) is 2. The number of aromatic nitrogens is 1. The fourth-order valence-electron chi connectivity index (χ4n) is 2.02. The van der Waals surface area contributed by atoms with Gasteiger partial charge in [-0.05, 0) is 37.1 Å². The van der Waals surface area contributed by atoms with Crippen molar-refractivity contribution in [2.45, 2.75) is 18.9 Å². The average Bonchev–Trinajstić information content (AvgIpc) is 3.32. The Labute approximate surface area is 123 Å². The van der Waals surface area contributed by atoms with Crippen molar-refractivity contribution >= 4 is 17.3 Å². The van der Waals surface area contributed by atoms with E-state index in [0.29, 0.717) is 11.7 Å². The molecule has 1 amide bonds. The van der Waals surface area contributed by atoms with Gasteiger partial charge in [-0.15, -0.1) is 0 Å². The van der Waals surface area contributed by atoms with Crippen molar-refractivity contribution in [3.8, 4) is 5.75 Å². The van der Waals surface area contributed by atoms with Crippen LogP contribution >= 0.6 is 0 Å². The number of amides is 1. The van der Waals surface area contributed by atoms with E-state index in [1.165, 1.54) is 0 Å². The molecule has 21 heavy (non-hydrogen) atoms. The van der Waals surface area contributed by atoms with Crippen LogP contribution in [0.3, 0.4) is 0 Å². The van der Waals surface area contributed by atoms with Crippen LogP contribution in [0.25, 0.3) is 0 Å². The molecular formula is C16H17N3O2. The second kappa shape index (κ2) is 5.83. The van der Waals surface area contributed by atoms with Gasteiger partial charge >= 0.3 is 0 Å². The zero-order valence-corrected chi connectivity index (χ0v) is 11.8. The van der Waals surface area contributed by atoms with E-state index in [1.807, 2.05) is 30.3 Å². The number of hydrogen-bond donors (Lipinski definition) is 2. The van der Waals surface area contributed by atoms with Gasteiger partial charge in [0.05, 0.1) is 12.8 Å². The molecule has 0 spiro atoms. The molecule has 2 N–H and O–H groups in total. The van der Waals surface area contributed by atoms with E-state index in [9.17, 15) is 4.79 Å². The minimum absolute atomic E-state index is 0.124. The Balaban J connectivity index is 1.77. The molecule has 0 aliphatic heterocycles. The van der Waals surface area contributed by atoms with Crippen LogP contribution in [0.1, 0.15) is 23.3 Å². The normalized spacial score (nSPS) is 13.6. The van der Waals surface area contributed by atoms with Crippen molar-refractivity contribution in [1.29, 1.82) is 0 Å². The second-order valence-electron chi connectivity index (χ2n) is 5.00. The molecule has 108 valence electrons. The van der Waals surface area contributed by atoms with E-state index in [-0.39, 0.29) is 5.91 Å². The lowest BCUT2D eigenvalue weighted by atomic mass is 10.2. The molecule has 5 heteroatoms. The van der Waals surface area contributed by atoms with Crippen LogP contribution in [0.2, 0.25) is 0 Å². The van der Waals surface area contributed by atoms with Gasteiger partial charge < -0.3 is 15.4 Å². The summed E-state index contributed by atoms with van der Waals surface area (Å²) in [7, 11) is 1.63. The maximum Gasteiger partial charge on any atom is 0.270 e. The summed E-state index contributed by atoms with van der Waals surface area (Å²) in [4.78, 5) is 16.1. The van der Waals surface area contributed by atoms with Gasteiger partial charge in [-0.1, -0.05) is 12.1 Å². The number of rotatable bonds is 5. The van der Waals surface area contributed by atoms with Crippen LogP contribution < -0.4 is 15.4 Å². The number of carbonyl (C=O) groups is 1. The molecule has 1 saturated carbocycles. The van der Waals surface area contributed by atoms with Crippen molar-refractivity contribution in [2.75, 3.05) is 12.4 Å². The molecule has 0 radical (unpaired) electrons. The molecule has 0 bridgehead atoms. The zero-order valence-electron chi connectivity index (χ0n) is 11.8. The van der Waals surface area contributed by atoms with E-state index in [0.717, 1.165) is 30.0 Å². The number of carbonyl (C=O) groups excluding carboxylic acids is 1.